The van der Waals surface area contributed by atoms with Crippen LogP contribution in [0.15, 0.2) is 4.99 Å². The minimum Gasteiger partial charge on any atom is -0.481 e. The Morgan fingerprint density at radius 3 is 1.52 bits per heavy atom. The molecule has 31 nitrogen and oxygen atoms in total. The Morgan fingerprint density at radius 2 is 1.01 bits per heavy atom. The lowest BCUT2D eigenvalue weighted by molar-refractivity contribution is -0.143. The maximum Gasteiger partial charge on any atom is 0.326 e. The van der Waals surface area contributed by atoms with Crippen LogP contribution >= 0.6 is 0 Å². The molecule has 0 aliphatic rings. The highest BCUT2D eigenvalue weighted by Gasteiger charge is 2.35. The Labute approximate surface area is 419 Å². The number of guanidine groups is 1. The van der Waals surface area contributed by atoms with Gasteiger partial charge in [-0.15, -0.1) is 0 Å². The zero-order valence-electron chi connectivity index (χ0n) is 41.5. The molecule has 0 saturated carbocycles. The first-order chi connectivity index (χ1) is 33.9. The predicted molar refractivity (Wildman–Crippen MR) is 254 cm³/mol. The standard InChI is InChI=1S/C42H73N13O18/c1-18(2)12-22(43)34(65)50-23(9-10-30(60)61)35(66)47-15-29(59)49-27(16-56)38(69)53-26(14-31(62)63)36(67)48-20(5)33(64)52-25(13-19(3)4)37(68)54-28(17-57)39(70)55-32(21(6)58)40(71)51-24(41(72)73)8-7-11-46-42(44)45/h18-28,32,56-58H,7-17,43H2,1-6H3,(H,47,66)(H,48,67)(H,49,59)(H,50,65)(H,51,71)(H,52,64)(H,53,69)(H,54,68)(H,55,70)(H,60,61)(H,62,63)(H,72,73)(H4,44,45,46)/t20-,21+,22-,23-,24-,25-,26-,27-,28-,32-/m0/s1. The lowest BCUT2D eigenvalue weighted by Gasteiger charge is -2.27. The predicted octanol–water partition coefficient (Wildman–Crippen LogP) is -7.74. The highest BCUT2D eigenvalue weighted by Crippen LogP contribution is 2.09. The van der Waals surface area contributed by atoms with Gasteiger partial charge in [-0.25, -0.2) is 4.79 Å². The van der Waals surface area contributed by atoms with Crippen molar-refractivity contribution in [3.63, 3.8) is 0 Å². The summed E-state index contributed by atoms with van der Waals surface area (Å²) in [5.74, 6) is -14.8. The number of hydrogen-bond acceptors (Lipinski definition) is 17. The molecule has 31 heteroatoms. The van der Waals surface area contributed by atoms with Crippen molar-refractivity contribution < 1.29 is 88.2 Å². The summed E-state index contributed by atoms with van der Waals surface area (Å²) in [6, 6.07) is -14.4. The second kappa shape index (κ2) is 33.4. The molecule has 9 amide bonds. The van der Waals surface area contributed by atoms with Crippen LogP contribution in [0.1, 0.15) is 86.5 Å². The molecule has 0 aromatic carbocycles. The van der Waals surface area contributed by atoms with Gasteiger partial charge in [0.2, 0.25) is 53.2 Å². The summed E-state index contributed by atoms with van der Waals surface area (Å²) in [6.07, 6.45) is -3.58. The van der Waals surface area contributed by atoms with E-state index in [0.29, 0.717) is 0 Å². The van der Waals surface area contributed by atoms with E-state index in [-0.39, 0.29) is 56.4 Å². The van der Waals surface area contributed by atoms with Gasteiger partial charge in [0.05, 0.1) is 38.3 Å². The molecule has 0 bridgehead atoms. The number of nitrogens with two attached hydrogens (primary N) is 3. The normalized spacial score (nSPS) is 15.1. The number of carbonyl (C=O) groups excluding carboxylic acids is 9. The first kappa shape index (κ1) is 65.8. The van der Waals surface area contributed by atoms with E-state index in [2.05, 4.69) is 47.5 Å². The number of hydrogen-bond donors (Lipinski definition) is 18. The van der Waals surface area contributed by atoms with Crippen molar-refractivity contribution in [2.24, 2.45) is 34.0 Å². The van der Waals surface area contributed by atoms with Crippen molar-refractivity contribution in [3.8, 4) is 0 Å². The van der Waals surface area contributed by atoms with E-state index in [9.17, 15) is 83.1 Å². The minimum atomic E-state index is -1.95. The van der Waals surface area contributed by atoms with E-state index in [4.69, 9.17) is 22.3 Å². The zero-order valence-corrected chi connectivity index (χ0v) is 41.5. The number of aliphatic hydroxyl groups excluding tert-OH is 3. The molecular weight excluding hydrogens is 975 g/mol. The van der Waals surface area contributed by atoms with Gasteiger partial charge in [0.1, 0.15) is 48.3 Å². The average Bonchev–Trinajstić information content (AvgIpc) is 3.28. The van der Waals surface area contributed by atoms with E-state index in [1.54, 1.807) is 27.7 Å². The summed E-state index contributed by atoms with van der Waals surface area (Å²) < 4.78 is 0. The topological polar surface area (TPSA) is 525 Å². The van der Waals surface area contributed by atoms with Gasteiger partial charge in [0, 0.05) is 13.0 Å². The molecule has 0 radical (unpaired) electrons. The van der Waals surface area contributed by atoms with Crippen LogP contribution in [0.5, 0.6) is 0 Å². The Bertz CT molecular complexity index is 1970. The van der Waals surface area contributed by atoms with E-state index >= 15 is 0 Å². The molecule has 0 saturated heterocycles. The van der Waals surface area contributed by atoms with Crippen LogP contribution in [0.3, 0.4) is 0 Å². The van der Waals surface area contributed by atoms with Crippen LogP contribution in [-0.4, -0.2) is 194 Å². The number of aliphatic hydroxyl groups is 3. The maximum atomic E-state index is 13.5. The van der Waals surface area contributed by atoms with Crippen LogP contribution in [0, 0.1) is 11.8 Å². The first-order valence-electron chi connectivity index (χ1n) is 23.0. The highest BCUT2D eigenvalue weighted by molar-refractivity contribution is 5.99. The summed E-state index contributed by atoms with van der Waals surface area (Å²) in [4.78, 5) is 156. The fourth-order valence-electron chi connectivity index (χ4n) is 6.34. The summed E-state index contributed by atoms with van der Waals surface area (Å²) in [5.41, 5.74) is 16.4. The third kappa shape index (κ3) is 26.7. The van der Waals surface area contributed by atoms with E-state index in [1.807, 2.05) is 5.32 Å². The van der Waals surface area contributed by atoms with Crippen molar-refractivity contribution in [1.82, 2.24) is 47.9 Å². The maximum absolute atomic E-state index is 13.5. The lowest BCUT2D eigenvalue weighted by atomic mass is 10.0. The summed E-state index contributed by atoms with van der Waals surface area (Å²) in [7, 11) is 0. The van der Waals surface area contributed by atoms with Gasteiger partial charge in [-0.1, -0.05) is 27.7 Å². The number of carboxylic acid groups (broad SMARTS) is 3. The van der Waals surface area contributed by atoms with Crippen LogP contribution < -0.4 is 65.1 Å². The second-order valence-corrected chi connectivity index (χ2v) is 17.6. The van der Waals surface area contributed by atoms with Gasteiger partial charge in [0.25, 0.3) is 0 Å². The lowest BCUT2D eigenvalue weighted by Crippen LogP contribution is -2.61. The van der Waals surface area contributed by atoms with Gasteiger partial charge in [-0.05, 0) is 57.8 Å². The van der Waals surface area contributed by atoms with Crippen molar-refractivity contribution in [1.29, 1.82) is 0 Å². The largest absolute Gasteiger partial charge is 0.481 e. The first-order valence-corrected chi connectivity index (χ1v) is 23.0. The average molecular weight is 1050 g/mol. The Morgan fingerprint density at radius 1 is 0.521 bits per heavy atom. The summed E-state index contributed by atoms with van der Waals surface area (Å²) >= 11 is 0. The number of carboxylic acids is 3. The van der Waals surface area contributed by atoms with Crippen LogP contribution in [0.4, 0.5) is 0 Å². The molecule has 414 valence electrons. The summed E-state index contributed by atoms with van der Waals surface area (Å²) in [5, 5.41) is 78.1. The molecule has 0 aromatic rings. The van der Waals surface area contributed by atoms with Crippen molar-refractivity contribution >= 4 is 77.0 Å². The second-order valence-electron chi connectivity index (χ2n) is 17.6. The number of amides is 9. The molecule has 0 spiro atoms. The molecule has 73 heavy (non-hydrogen) atoms. The smallest absolute Gasteiger partial charge is 0.326 e. The van der Waals surface area contributed by atoms with Gasteiger partial charge >= 0.3 is 17.9 Å². The van der Waals surface area contributed by atoms with Gasteiger partial charge in [-0.2, -0.15) is 0 Å². The number of nitrogens with zero attached hydrogens (tertiary/aromatic N) is 1. The number of aliphatic carboxylic acids is 3. The van der Waals surface area contributed by atoms with Gasteiger partial charge in [0.15, 0.2) is 5.96 Å². The Kier molecular flexibility index (Phi) is 30.1. The third-order valence-corrected chi connectivity index (χ3v) is 10.1. The van der Waals surface area contributed by atoms with E-state index in [1.165, 1.54) is 0 Å². The molecule has 0 aliphatic carbocycles. The molecule has 0 aromatic heterocycles. The quantitative estimate of drug-likeness (QED) is 0.0159. The SMILES string of the molecule is CC(C)C[C@H](NC(=O)[C@H](C)NC(=O)[C@H](CC(=O)O)NC(=O)[C@H](CO)NC(=O)CNC(=O)[C@H](CCC(=O)O)NC(=O)[C@@H](N)CC(C)C)C(=O)N[C@@H](CO)C(=O)N[C@H](C(=O)N[C@@H](CCCN=C(N)N)C(=O)O)[C@@H](C)O. The highest BCUT2D eigenvalue weighted by atomic mass is 16.4. The number of nitrogens with one attached hydrogen (secondary N) is 9. The molecule has 0 fully saturated rings. The monoisotopic (exact) mass is 1050 g/mol. The molecule has 21 N–H and O–H groups in total. The van der Waals surface area contributed by atoms with E-state index in [0.717, 1.165) is 13.8 Å². The molecule has 0 heterocycles. The molecule has 10 atom stereocenters. The molecule has 0 unspecified atom stereocenters. The third-order valence-electron chi connectivity index (χ3n) is 10.1. The van der Waals surface area contributed by atoms with Crippen LogP contribution in [0.25, 0.3) is 0 Å². The van der Waals surface area contributed by atoms with Crippen LogP contribution in [0.2, 0.25) is 0 Å². The number of carbonyl (C=O) groups is 12. The molecular formula is C42H73N13O18. The van der Waals surface area contributed by atoms with Crippen LogP contribution in [-0.2, 0) is 57.5 Å². The molecule has 0 rings (SSSR count). The summed E-state index contributed by atoms with van der Waals surface area (Å²) in [6.45, 7) is 6.05. The number of rotatable bonds is 35. The fourth-order valence-corrected chi connectivity index (χ4v) is 6.34. The van der Waals surface area contributed by atoms with Crippen molar-refractivity contribution in [2.75, 3.05) is 26.3 Å². The number of aliphatic imine (C=N–C) groups is 1. The van der Waals surface area contributed by atoms with Crippen molar-refractivity contribution in [3.05, 3.63) is 0 Å². The van der Waals surface area contributed by atoms with Crippen molar-refractivity contribution in [2.45, 2.75) is 147 Å². The van der Waals surface area contributed by atoms with Gasteiger partial charge in [-0.3, -0.25) is 57.7 Å². The fraction of sp³-hybridized carbons (Fsp3) is 0.690. The Balaban J connectivity index is 5.88. The minimum absolute atomic E-state index is 0.00275. The molecule has 0 aliphatic heterocycles. The zero-order chi connectivity index (χ0) is 56.3. The van der Waals surface area contributed by atoms with E-state index < -0.39 is 164 Å². The Hall–Kier alpha value is -7.25. The van der Waals surface area contributed by atoms with Gasteiger partial charge < -0.3 is 95.7 Å².